The van der Waals surface area contributed by atoms with Gasteiger partial charge in [-0.05, 0) is 52.3 Å². The maximum absolute atomic E-state index is 5.30. The SMILES string of the molecule is Cc1ccc2c3c(cccc13)C(C)(C)c1nc3c(CC(C)(C)C)cccc3nc1-2. The van der Waals surface area contributed by atoms with Gasteiger partial charge in [0.1, 0.15) is 0 Å². The molecule has 3 aromatic carbocycles. The average Bonchev–Trinajstić information content (AvgIpc) is 2.65. The predicted molar refractivity (Wildman–Crippen MR) is 123 cm³/mol. The van der Waals surface area contributed by atoms with Crippen LogP contribution in [0.3, 0.4) is 0 Å². The van der Waals surface area contributed by atoms with E-state index in [-0.39, 0.29) is 10.8 Å². The van der Waals surface area contributed by atoms with Crippen LogP contribution in [0.4, 0.5) is 0 Å². The van der Waals surface area contributed by atoms with E-state index in [1.54, 1.807) is 0 Å². The molecule has 0 amide bonds. The van der Waals surface area contributed by atoms with Gasteiger partial charge in [0.2, 0.25) is 0 Å². The van der Waals surface area contributed by atoms with Crippen LogP contribution in [-0.2, 0) is 11.8 Å². The molecule has 4 aromatic rings. The molecule has 1 aliphatic rings. The van der Waals surface area contributed by atoms with Crippen LogP contribution in [0.15, 0.2) is 48.5 Å². The number of rotatable bonds is 1. The summed E-state index contributed by atoms with van der Waals surface area (Å²) >= 11 is 0. The third kappa shape index (κ3) is 2.69. The Kier molecular flexibility index (Phi) is 3.71. The first kappa shape index (κ1) is 18.3. The van der Waals surface area contributed by atoms with E-state index in [2.05, 4.69) is 90.1 Å². The van der Waals surface area contributed by atoms with Crippen molar-refractivity contribution in [2.45, 2.75) is 53.4 Å². The second-order valence-corrected chi connectivity index (χ2v) is 10.2. The second kappa shape index (κ2) is 5.89. The lowest BCUT2D eigenvalue weighted by molar-refractivity contribution is 0.412. The number of para-hydroxylation sites is 1. The van der Waals surface area contributed by atoms with Crippen molar-refractivity contribution in [3.05, 3.63) is 70.9 Å². The number of hydrogen-bond acceptors (Lipinski definition) is 2. The second-order valence-electron chi connectivity index (χ2n) is 10.2. The van der Waals surface area contributed by atoms with E-state index in [1.165, 1.54) is 33.0 Å². The van der Waals surface area contributed by atoms with Gasteiger partial charge in [0.25, 0.3) is 0 Å². The molecule has 5 rings (SSSR count). The number of aryl methyl sites for hydroxylation is 1. The van der Waals surface area contributed by atoms with Crippen LogP contribution in [0.25, 0.3) is 33.1 Å². The average molecular weight is 381 g/mol. The Bertz CT molecular complexity index is 1290. The molecule has 0 spiro atoms. The Labute approximate surface area is 173 Å². The van der Waals surface area contributed by atoms with Gasteiger partial charge in [-0.1, -0.05) is 77.1 Å². The third-order valence-corrected chi connectivity index (χ3v) is 6.28. The topological polar surface area (TPSA) is 25.8 Å². The highest BCUT2D eigenvalue weighted by Crippen LogP contribution is 2.48. The molecule has 2 nitrogen and oxygen atoms in total. The molecule has 0 radical (unpaired) electrons. The van der Waals surface area contributed by atoms with Gasteiger partial charge in [-0.25, -0.2) is 9.97 Å². The summed E-state index contributed by atoms with van der Waals surface area (Å²) in [5, 5.41) is 2.66. The van der Waals surface area contributed by atoms with Crippen molar-refractivity contribution < 1.29 is 0 Å². The summed E-state index contributed by atoms with van der Waals surface area (Å²) < 4.78 is 0. The number of hydrogen-bond donors (Lipinski definition) is 0. The maximum atomic E-state index is 5.30. The van der Waals surface area contributed by atoms with Crippen molar-refractivity contribution in [2.24, 2.45) is 5.41 Å². The normalized spacial score (nSPS) is 15.0. The summed E-state index contributed by atoms with van der Waals surface area (Å²) in [5.41, 5.74) is 9.36. The van der Waals surface area contributed by atoms with Crippen LogP contribution < -0.4 is 0 Å². The first-order chi connectivity index (χ1) is 13.7. The minimum absolute atomic E-state index is 0.189. The van der Waals surface area contributed by atoms with Gasteiger partial charge in [-0.2, -0.15) is 0 Å². The molecule has 0 unspecified atom stereocenters. The molecule has 0 N–H and O–H groups in total. The van der Waals surface area contributed by atoms with E-state index in [9.17, 15) is 0 Å². The van der Waals surface area contributed by atoms with Crippen molar-refractivity contribution in [1.82, 2.24) is 9.97 Å². The van der Waals surface area contributed by atoms with Gasteiger partial charge in [0.15, 0.2) is 0 Å². The number of aromatic nitrogens is 2. The van der Waals surface area contributed by atoms with Crippen molar-refractivity contribution in [3.8, 4) is 11.3 Å². The molecule has 2 heteroatoms. The van der Waals surface area contributed by atoms with Crippen LogP contribution in [0.2, 0.25) is 0 Å². The molecule has 29 heavy (non-hydrogen) atoms. The predicted octanol–water partition coefficient (Wildman–Crippen LogP) is 6.99. The largest absolute Gasteiger partial charge is 0.248 e. The fourth-order valence-corrected chi connectivity index (χ4v) is 4.87. The molecule has 1 aliphatic carbocycles. The Morgan fingerprint density at radius 3 is 2.41 bits per heavy atom. The lowest BCUT2D eigenvalue weighted by Crippen LogP contribution is -2.26. The van der Waals surface area contributed by atoms with Crippen LogP contribution in [0.1, 0.15) is 57.0 Å². The van der Waals surface area contributed by atoms with Crippen molar-refractivity contribution in [3.63, 3.8) is 0 Å². The molecular formula is C27H28N2. The van der Waals surface area contributed by atoms with Crippen LogP contribution >= 0.6 is 0 Å². The Morgan fingerprint density at radius 1 is 0.897 bits per heavy atom. The van der Waals surface area contributed by atoms with Crippen molar-refractivity contribution >= 4 is 21.8 Å². The standard InChI is InChI=1S/C27H28N2/c1-16-13-14-19-22-18(16)10-8-11-20(22)27(5,6)25-24(19)28-21-12-7-9-17(23(21)29-25)15-26(2,3)4/h7-14H,15H2,1-6H3. The van der Waals surface area contributed by atoms with Gasteiger partial charge in [0.05, 0.1) is 22.4 Å². The van der Waals surface area contributed by atoms with E-state index < -0.39 is 0 Å². The molecule has 0 atom stereocenters. The molecule has 1 aromatic heterocycles. The quantitative estimate of drug-likeness (QED) is 0.356. The highest BCUT2D eigenvalue weighted by atomic mass is 14.9. The van der Waals surface area contributed by atoms with Gasteiger partial charge >= 0.3 is 0 Å². The molecule has 0 aliphatic heterocycles. The summed E-state index contributed by atoms with van der Waals surface area (Å²) in [6, 6.07) is 17.6. The van der Waals surface area contributed by atoms with Crippen LogP contribution in [0, 0.1) is 12.3 Å². The number of fused-ring (bicyclic) bond motifs is 3. The van der Waals surface area contributed by atoms with E-state index in [1.807, 2.05) is 0 Å². The Morgan fingerprint density at radius 2 is 1.66 bits per heavy atom. The summed E-state index contributed by atoms with van der Waals surface area (Å²) in [6.07, 6.45) is 0.990. The van der Waals surface area contributed by atoms with E-state index in [0.717, 1.165) is 28.8 Å². The van der Waals surface area contributed by atoms with Gasteiger partial charge in [-0.15, -0.1) is 0 Å². The molecule has 0 fully saturated rings. The van der Waals surface area contributed by atoms with Crippen LogP contribution in [0.5, 0.6) is 0 Å². The van der Waals surface area contributed by atoms with Crippen molar-refractivity contribution in [2.75, 3.05) is 0 Å². The fraction of sp³-hybridized carbons (Fsp3) is 0.333. The monoisotopic (exact) mass is 380 g/mol. The van der Waals surface area contributed by atoms with Gasteiger partial charge < -0.3 is 0 Å². The summed E-state index contributed by atoms with van der Waals surface area (Å²) in [4.78, 5) is 10.5. The number of nitrogens with zero attached hydrogens (tertiary/aromatic N) is 2. The number of benzene rings is 3. The van der Waals surface area contributed by atoms with Crippen LogP contribution in [-0.4, -0.2) is 9.97 Å². The summed E-state index contributed by atoms with van der Waals surface area (Å²) in [7, 11) is 0. The van der Waals surface area contributed by atoms with E-state index in [0.29, 0.717) is 0 Å². The molecule has 0 bridgehead atoms. The molecule has 1 heterocycles. The first-order valence-corrected chi connectivity index (χ1v) is 10.5. The fourth-order valence-electron chi connectivity index (χ4n) is 4.87. The summed E-state index contributed by atoms with van der Waals surface area (Å²) in [6.45, 7) is 13.6. The molecule has 0 saturated carbocycles. The Balaban J connectivity index is 1.88. The lowest BCUT2D eigenvalue weighted by Gasteiger charge is -2.34. The van der Waals surface area contributed by atoms with Gasteiger partial charge in [-0.3, -0.25) is 0 Å². The zero-order chi connectivity index (χ0) is 20.6. The first-order valence-electron chi connectivity index (χ1n) is 10.5. The molecule has 146 valence electrons. The van der Waals surface area contributed by atoms with Crippen molar-refractivity contribution in [1.29, 1.82) is 0 Å². The zero-order valence-electron chi connectivity index (χ0n) is 18.2. The molecule has 0 saturated heterocycles. The lowest BCUT2D eigenvalue weighted by atomic mass is 9.72. The summed E-state index contributed by atoms with van der Waals surface area (Å²) in [5.74, 6) is 0. The maximum Gasteiger partial charge on any atom is 0.0940 e. The minimum Gasteiger partial charge on any atom is -0.248 e. The third-order valence-electron chi connectivity index (χ3n) is 6.28. The minimum atomic E-state index is -0.189. The smallest absolute Gasteiger partial charge is 0.0940 e. The Hall–Kier alpha value is -2.74. The van der Waals surface area contributed by atoms with E-state index in [4.69, 9.17) is 9.97 Å². The zero-order valence-corrected chi connectivity index (χ0v) is 18.2. The van der Waals surface area contributed by atoms with Gasteiger partial charge in [0, 0.05) is 11.0 Å². The highest BCUT2D eigenvalue weighted by molar-refractivity contribution is 6.04. The van der Waals surface area contributed by atoms with E-state index >= 15 is 0 Å². The molecular weight excluding hydrogens is 352 g/mol. The highest BCUT2D eigenvalue weighted by Gasteiger charge is 2.36.